The van der Waals surface area contributed by atoms with Gasteiger partial charge in [0, 0.05) is 27.7 Å². The number of aromatic amines is 1. The fraction of sp³-hybridized carbons (Fsp3) is 0.179. The Balaban J connectivity index is 1.51. The number of hydrogen-bond donors (Lipinski definition) is 2. The van der Waals surface area contributed by atoms with E-state index in [0.29, 0.717) is 0 Å². The zero-order valence-electron chi connectivity index (χ0n) is 17.9. The number of benzene rings is 3. The van der Waals surface area contributed by atoms with Crippen molar-refractivity contribution >= 4 is 27.6 Å². The normalized spacial score (nSPS) is 11.4. The Labute approximate surface area is 183 Å². The molecule has 0 amide bonds. The maximum absolute atomic E-state index is 6.48. The summed E-state index contributed by atoms with van der Waals surface area (Å²) < 4.78 is 0. The number of fused-ring (bicyclic) bond motifs is 3. The molecule has 0 aliphatic rings. The van der Waals surface area contributed by atoms with Crippen LogP contribution < -0.4 is 5.73 Å². The Morgan fingerprint density at radius 1 is 0.774 bits per heavy atom. The van der Waals surface area contributed by atoms with Gasteiger partial charge in [0.1, 0.15) is 5.65 Å². The Hall–Kier alpha value is -3.59. The molecule has 0 spiro atoms. The van der Waals surface area contributed by atoms with Gasteiger partial charge in [0.15, 0.2) is 0 Å². The molecule has 0 radical (unpaired) electrons. The smallest absolute Gasteiger partial charge is 0.140 e. The van der Waals surface area contributed by atoms with E-state index >= 15 is 0 Å². The zero-order chi connectivity index (χ0) is 21.2. The summed E-state index contributed by atoms with van der Waals surface area (Å²) in [6, 6.07) is 27.8. The number of aryl methyl sites for hydroxylation is 1. The number of unbranched alkanes of at least 4 members (excludes halogenated alkanes) is 2. The van der Waals surface area contributed by atoms with E-state index in [-0.39, 0.29) is 0 Å². The molecule has 0 atom stereocenters. The lowest BCUT2D eigenvalue weighted by Crippen LogP contribution is -1.95. The molecule has 0 saturated carbocycles. The van der Waals surface area contributed by atoms with Crippen molar-refractivity contribution in [3.63, 3.8) is 0 Å². The maximum atomic E-state index is 6.48. The average Bonchev–Trinajstić information content (AvgIpc) is 3.18. The van der Waals surface area contributed by atoms with Crippen molar-refractivity contribution in [3.8, 4) is 22.3 Å². The lowest BCUT2D eigenvalue weighted by atomic mass is 9.99. The van der Waals surface area contributed by atoms with E-state index in [0.717, 1.165) is 46.2 Å². The molecule has 2 heterocycles. The number of nitrogens with zero attached hydrogens (tertiary/aromatic N) is 1. The van der Waals surface area contributed by atoms with Gasteiger partial charge in [0.2, 0.25) is 0 Å². The molecule has 2 aromatic heterocycles. The predicted molar refractivity (Wildman–Crippen MR) is 132 cm³/mol. The molecule has 0 saturated heterocycles. The second kappa shape index (κ2) is 8.27. The number of aromatic nitrogens is 2. The SMILES string of the molecule is CCCCCc1cc(N)c2c(n1)[nH]c1ccc(-c3ccc(-c4ccccc4)cc3)cc12. The van der Waals surface area contributed by atoms with Crippen LogP contribution in [0, 0.1) is 0 Å². The van der Waals surface area contributed by atoms with E-state index in [4.69, 9.17) is 10.7 Å². The van der Waals surface area contributed by atoms with Gasteiger partial charge in [0.05, 0.1) is 0 Å². The number of pyridine rings is 1. The summed E-state index contributed by atoms with van der Waals surface area (Å²) in [7, 11) is 0. The Morgan fingerprint density at radius 2 is 1.45 bits per heavy atom. The van der Waals surface area contributed by atoms with Crippen LogP contribution in [-0.2, 0) is 6.42 Å². The van der Waals surface area contributed by atoms with Crippen LogP contribution in [0.5, 0.6) is 0 Å². The van der Waals surface area contributed by atoms with Gasteiger partial charge in [-0.25, -0.2) is 4.98 Å². The topological polar surface area (TPSA) is 54.7 Å². The first-order valence-electron chi connectivity index (χ1n) is 11.1. The van der Waals surface area contributed by atoms with Crippen molar-refractivity contribution in [2.45, 2.75) is 32.6 Å². The summed E-state index contributed by atoms with van der Waals surface area (Å²) >= 11 is 0. The van der Waals surface area contributed by atoms with E-state index in [1.165, 1.54) is 35.1 Å². The molecular formula is C28H27N3. The van der Waals surface area contributed by atoms with E-state index < -0.39 is 0 Å². The first kappa shape index (κ1) is 19.4. The van der Waals surface area contributed by atoms with Gasteiger partial charge in [-0.05, 0) is 53.3 Å². The fourth-order valence-electron chi connectivity index (χ4n) is 4.33. The average molecular weight is 406 g/mol. The third-order valence-corrected chi connectivity index (χ3v) is 6.01. The largest absolute Gasteiger partial charge is 0.398 e. The number of hydrogen-bond acceptors (Lipinski definition) is 2. The van der Waals surface area contributed by atoms with Crippen molar-refractivity contribution in [2.75, 3.05) is 5.73 Å². The highest BCUT2D eigenvalue weighted by Gasteiger charge is 2.12. The molecule has 154 valence electrons. The number of nitrogen functional groups attached to an aromatic ring is 1. The molecule has 0 bridgehead atoms. The summed E-state index contributed by atoms with van der Waals surface area (Å²) in [4.78, 5) is 8.32. The van der Waals surface area contributed by atoms with Crippen molar-refractivity contribution in [1.82, 2.24) is 9.97 Å². The number of rotatable bonds is 6. The van der Waals surface area contributed by atoms with Crippen LogP contribution in [0.2, 0.25) is 0 Å². The summed E-state index contributed by atoms with van der Waals surface area (Å²) in [5, 5.41) is 2.15. The van der Waals surface area contributed by atoms with Crippen LogP contribution in [0.15, 0.2) is 78.9 Å². The van der Waals surface area contributed by atoms with E-state index in [1.54, 1.807) is 0 Å². The minimum atomic E-state index is 0.805. The van der Waals surface area contributed by atoms with Crippen LogP contribution in [0.25, 0.3) is 44.2 Å². The van der Waals surface area contributed by atoms with Crippen LogP contribution in [0.4, 0.5) is 5.69 Å². The summed E-state index contributed by atoms with van der Waals surface area (Å²) in [6.07, 6.45) is 4.55. The minimum Gasteiger partial charge on any atom is -0.398 e. The standard InChI is InChI=1S/C28H27N3/c1-2-3-5-10-23-18-25(29)27-24-17-22(15-16-26(24)31-28(27)30-23)21-13-11-20(12-14-21)19-8-6-4-7-9-19/h4,6-9,11-18H,2-3,5,10H2,1H3,(H3,29,30,31). The van der Waals surface area contributed by atoms with Crippen LogP contribution in [-0.4, -0.2) is 9.97 Å². The second-order valence-electron chi connectivity index (χ2n) is 8.21. The Kier molecular flexibility index (Phi) is 5.17. The van der Waals surface area contributed by atoms with E-state index in [2.05, 4.69) is 78.6 Å². The quantitative estimate of drug-likeness (QED) is 0.290. The molecule has 0 unspecified atom stereocenters. The van der Waals surface area contributed by atoms with Gasteiger partial charge >= 0.3 is 0 Å². The van der Waals surface area contributed by atoms with Gasteiger partial charge in [0.25, 0.3) is 0 Å². The monoisotopic (exact) mass is 405 g/mol. The highest BCUT2D eigenvalue weighted by molar-refractivity contribution is 6.12. The summed E-state index contributed by atoms with van der Waals surface area (Å²) in [5.74, 6) is 0. The number of H-pyrrole nitrogens is 1. The summed E-state index contributed by atoms with van der Waals surface area (Å²) in [6.45, 7) is 2.22. The lowest BCUT2D eigenvalue weighted by molar-refractivity contribution is 0.709. The molecule has 3 heteroatoms. The summed E-state index contributed by atoms with van der Waals surface area (Å²) in [5.41, 5.74) is 15.1. The molecule has 31 heavy (non-hydrogen) atoms. The lowest BCUT2D eigenvalue weighted by Gasteiger charge is -2.06. The molecule has 3 nitrogen and oxygen atoms in total. The number of nitrogens with two attached hydrogens (primary N) is 1. The van der Waals surface area contributed by atoms with Crippen LogP contribution in [0.3, 0.4) is 0 Å². The van der Waals surface area contributed by atoms with E-state index in [9.17, 15) is 0 Å². The Morgan fingerprint density at radius 3 is 2.19 bits per heavy atom. The van der Waals surface area contributed by atoms with Gasteiger partial charge in [-0.1, -0.05) is 80.4 Å². The zero-order valence-corrected chi connectivity index (χ0v) is 17.9. The van der Waals surface area contributed by atoms with Crippen molar-refractivity contribution in [1.29, 1.82) is 0 Å². The molecule has 3 N–H and O–H groups in total. The predicted octanol–water partition coefficient (Wildman–Crippen LogP) is 7.37. The van der Waals surface area contributed by atoms with Crippen molar-refractivity contribution in [2.24, 2.45) is 0 Å². The molecule has 0 aliphatic carbocycles. The first-order chi connectivity index (χ1) is 15.2. The van der Waals surface area contributed by atoms with Gasteiger partial charge in [-0.2, -0.15) is 0 Å². The first-order valence-corrected chi connectivity index (χ1v) is 11.1. The highest BCUT2D eigenvalue weighted by atomic mass is 14.9. The van der Waals surface area contributed by atoms with Gasteiger partial charge in [-0.15, -0.1) is 0 Å². The maximum Gasteiger partial charge on any atom is 0.140 e. The third kappa shape index (κ3) is 3.79. The molecule has 0 fully saturated rings. The van der Waals surface area contributed by atoms with Crippen molar-refractivity contribution < 1.29 is 0 Å². The molecule has 3 aromatic carbocycles. The van der Waals surface area contributed by atoms with Gasteiger partial charge in [-0.3, -0.25) is 0 Å². The molecule has 5 aromatic rings. The Bertz CT molecular complexity index is 1330. The second-order valence-corrected chi connectivity index (χ2v) is 8.21. The number of nitrogens with one attached hydrogen (secondary N) is 1. The van der Waals surface area contributed by atoms with Crippen LogP contribution in [0.1, 0.15) is 31.9 Å². The minimum absolute atomic E-state index is 0.805. The molecule has 5 rings (SSSR count). The van der Waals surface area contributed by atoms with E-state index in [1.807, 2.05) is 12.1 Å². The van der Waals surface area contributed by atoms with Crippen LogP contribution >= 0.6 is 0 Å². The fourth-order valence-corrected chi connectivity index (χ4v) is 4.33. The highest BCUT2D eigenvalue weighted by Crippen LogP contribution is 2.33. The molecular weight excluding hydrogens is 378 g/mol. The van der Waals surface area contributed by atoms with Gasteiger partial charge < -0.3 is 10.7 Å². The molecule has 0 aliphatic heterocycles. The third-order valence-electron chi connectivity index (χ3n) is 6.01. The number of anilines is 1. The van der Waals surface area contributed by atoms with Crippen molar-refractivity contribution in [3.05, 3.63) is 84.6 Å².